The Morgan fingerprint density at radius 2 is 1.16 bits per heavy atom. The number of hydrogen-bond donors (Lipinski definition) is 2. The third-order valence-electron chi connectivity index (χ3n) is 8.75. The van der Waals surface area contributed by atoms with Crippen molar-refractivity contribution in [1.82, 2.24) is 4.57 Å². The van der Waals surface area contributed by atoms with Gasteiger partial charge in [0.05, 0.1) is 32.9 Å². The summed E-state index contributed by atoms with van der Waals surface area (Å²) < 4.78 is 0.951. The number of nitrogens with zero attached hydrogens (tertiary/aromatic N) is 2. The van der Waals surface area contributed by atoms with Crippen LogP contribution >= 0.6 is 0 Å². The quantitative estimate of drug-likeness (QED) is 0.0670. The van der Waals surface area contributed by atoms with Crippen molar-refractivity contribution in [1.29, 1.82) is 0 Å². The van der Waals surface area contributed by atoms with Crippen LogP contribution in [0.4, 0.5) is 11.4 Å². The lowest BCUT2D eigenvalue weighted by atomic mass is 9.97. The van der Waals surface area contributed by atoms with Crippen LogP contribution in [0, 0.1) is 0 Å². The minimum absolute atomic E-state index is 0.114. The van der Waals surface area contributed by atoms with E-state index < -0.39 is 27.7 Å². The predicted octanol–water partition coefficient (Wildman–Crippen LogP) is 6.29. The summed E-state index contributed by atoms with van der Waals surface area (Å²) in [4.78, 5) is 56.3. The smallest absolute Gasteiger partial charge is 0.270 e. The number of fused-ring (bicyclic) bond motifs is 3. The molecule has 0 aliphatic rings. The summed E-state index contributed by atoms with van der Waals surface area (Å²) in [6, 6.07) is 13.4. The Hall–Kier alpha value is -4.46. The summed E-state index contributed by atoms with van der Waals surface area (Å²) in [6.07, 6.45) is 12.1. The highest BCUT2D eigenvalue weighted by Crippen LogP contribution is 2.34. The molecule has 0 radical (unpaired) electrons. The van der Waals surface area contributed by atoms with Crippen LogP contribution in [0.25, 0.3) is 38.0 Å². The molecule has 4 aromatic carbocycles. The SMILES string of the molecule is CCCCCCCCCCN(CCCC)c1ccc(-n2c(=O)c3c(N)c4c(=O)c5ccccc5c(=O)c4c(O)c3c2=O)cc1. The lowest BCUT2D eigenvalue weighted by molar-refractivity contribution is 0.487. The molecular formula is C36H41N3O5. The highest BCUT2D eigenvalue weighted by atomic mass is 16.3. The Morgan fingerprint density at radius 1 is 0.636 bits per heavy atom. The number of phenols is 1. The van der Waals surface area contributed by atoms with E-state index in [9.17, 15) is 24.3 Å². The van der Waals surface area contributed by atoms with Crippen LogP contribution < -0.4 is 32.6 Å². The fourth-order valence-electron chi connectivity index (χ4n) is 6.31. The van der Waals surface area contributed by atoms with Gasteiger partial charge >= 0.3 is 0 Å². The molecule has 0 aliphatic carbocycles. The van der Waals surface area contributed by atoms with E-state index in [1.165, 1.54) is 57.1 Å². The fourth-order valence-corrected chi connectivity index (χ4v) is 6.31. The van der Waals surface area contributed by atoms with Gasteiger partial charge in [-0.2, -0.15) is 0 Å². The number of aromatic nitrogens is 1. The molecule has 230 valence electrons. The van der Waals surface area contributed by atoms with E-state index >= 15 is 0 Å². The molecular weight excluding hydrogens is 554 g/mol. The number of anilines is 2. The van der Waals surface area contributed by atoms with Crippen LogP contribution in [0.2, 0.25) is 0 Å². The highest BCUT2D eigenvalue weighted by molar-refractivity contribution is 6.17. The molecule has 0 bridgehead atoms. The number of aromatic hydroxyl groups is 1. The first-order valence-corrected chi connectivity index (χ1v) is 15.9. The van der Waals surface area contributed by atoms with Gasteiger partial charge < -0.3 is 15.7 Å². The second-order valence-electron chi connectivity index (χ2n) is 11.7. The Balaban J connectivity index is 1.49. The number of hydrogen-bond acceptors (Lipinski definition) is 7. The van der Waals surface area contributed by atoms with Gasteiger partial charge in [0.25, 0.3) is 11.1 Å². The molecule has 44 heavy (non-hydrogen) atoms. The predicted molar refractivity (Wildman–Crippen MR) is 182 cm³/mol. The molecule has 5 aromatic rings. The normalized spacial score (nSPS) is 11.7. The van der Waals surface area contributed by atoms with Gasteiger partial charge in [-0.25, -0.2) is 4.57 Å². The molecule has 0 saturated carbocycles. The van der Waals surface area contributed by atoms with E-state index in [4.69, 9.17) is 5.73 Å². The zero-order valence-electron chi connectivity index (χ0n) is 25.7. The average molecular weight is 596 g/mol. The molecule has 0 fully saturated rings. The average Bonchev–Trinajstić information content (AvgIpc) is 3.30. The van der Waals surface area contributed by atoms with Crippen LogP contribution in [0.15, 0.2) is 67.7 Å². The van der Waals surface area contributed by atoms with Crippen molar-refractivity contribution in [3.63, 3.8) is 0 Å². The van der Waals surface area contributed by atoms with Gasteiger partial charge in [-0.15, -0.1) is 0 Å². The summed E-state index contributed by atoms with van der Waals surface area (Å²) in [5.74, 6) is -0.689. The second-order valence-corrected chi connectivity index (χ2v) is 11.7. The topological polar surface area (TPSA) is 123 Å². The monoisotopic (exact) mass is 595 g/mol. The number of benzene rings is 4. The highest BCUT2D eigenvalue weighted by Gasteiger charge is 2.27. The molecule has 1 heterocycles. The first-order valence-electron chi connectivity index (χ1n) is 15.9. The van der Waals surface area contributed by atoms with Gasteiger partial charge in [0.2, 0.25) is 0 Å². The Kier molecular flexibility index (Phi) is 9.47. The maximum Gasteiger partial charge on any atom is 0.270 e. The number of unbranched alkanes of at least 4 members (excludes halogenated alkanes) is 8. The van der Waals surface area contributed by atoms with Crippen molar-refractivity contribution >= 4 is 43.7 Å². The fraction of sp³-hybridized carbons (Fsp3) is 0.389. The summed E-state index contributed by atoms with van der Waals surface area (Å²) in [5.41, 5.74) is 4.69. The van der Waals surface area contributed by atoms with Crippen LogP contribution in [0.3, 0.4) is 0 Å². The van der Waals surface area contributed by atoms with Gasteiger partial charge in [0.15, 0.2) is 10.9 Å². The third kappa shape index (κ3) is 5.61. The molecule has 1 aromatic heterocycles. The van der Waals surface area contributed by atoms with Crippen molar-refractivity contribution in [2.24, 2.45) is 0 Å². The van der Waals surface area contributed by atoms with Gasteiger partial charge in [-0.3, -0.25) is 19.2 Å². The Bertz CT molecular complexity index is 1900. The summed E-state index contributed by atoms with van der Waals surface area (Å²) >= 11 is 0. The first kappa shape index (κ1) is 31.0. The third-order valence-corrected chi connectivity index (χ3v) is 8.75. The Labute approximate surface area is 256 Å². The van der Waals surface area contributed by atoms with Gasteiger partial charge in [-0.05, 0) is 37.1 Å². The van der Waals surface area contributed by atoms with Gasteiger partial charge in [-0.1, -0.05) is 89.5 Å². The summed E-state index contributed by atoms with van der Waals surface area (Å²) in [7, 11) is 0. The molecule has 0 aliphatic heterocycles. The lowest BCUT2D eigenvalue weighted by Crippen LogP contribution is -2.26. The minimum atomic E-state index is -0.786. The zero-order chi connectivity index (χ0) is 31.4. The van der Waals surface area contributed by atoms with Crippen molar-refractivity contribution in [3.05, 3.63) is 89.7 Å². The zero-order valence-corrected chi connectivity index (χ0v) is 25.7. The number of nitrogen functional groups attached to an aromatic ring is 1. The number of nitrogens with two attached hydrogens (primary N) is 1. The van der Waals surface area contributed by atoms with Gasteiger partial charge in [0.1, 0.15) is 5.75 Å². The van der Waals surface area contributed by atoms with Crippen LogP contribution in [0.5, 0.6) is 5.75 Å². The molecule has 0 atom stereocenters. The maximum absolute atomic E-state index is 13.7. The Morgan fingerprint density at radius 3 is 1.77 bits per heavy atom. The molecule has 8 nitrogen and oxygen atoms in total. The summed E-state index contributed by atoms with van der Waals surface area (Å²) in [5, 5.41) is 10.3. The van der Waals surface area contributed by atoms with Crippen LogP contribution in [0.1, 0.15) is 78.1 Å². The molecule has 0 unspecified atom stereocenters. The van der Waals surface area contributed by atoms with Crippen molar-refractivity contribution in [2.75, 3.05) is 23.7 Å². The number of phenolic OH excluding ortho intramolecular Hbond substituents is 1. The van der Waals surface area contributed by atoms with E-state index in [2.05, 4.69) is 18.7 Å². The molecule has 5 rings (SSSR count). The van der Waals surface area contributed by atoms with E-state index in [0.29, 0.717) is 5.69 Å². The van der Waals surface area contributed by atoms with Crippen molar-refractivity contribution < 1.29 is 5.11 Å². The standard InChI is InChI=1S/C36H41N3O5/c1-3-5-7-8-9-10-11-14-22-38(21-6-4-2)23-17-19-24(20-18-23)39-35(43)28-30(36(39)44)34(42)29-27(31(28)37)32(40)25-15-12-13-16-26(25)33(29)41/h12-13,15-20,42H,3-11,14,21-22,37H2,1-2H3. The molecule has 3 N–H and O–H groups in total. The van der Waals surface area contributed by atoms with Crippen molar-refractivity contribution in [2.45, 2.75) is 78.1 Å². The maximum atomic E-state index is 13.7. The number of rotatable bonds is 14. The second kappa shape index (κ2) is 13.5. The largest absolute Gasteiger partial charge is 0.506 e. The van der Waals surface area contributed by atoms with Crippen LogP contribution in [-0.2, 0) is 0 Å². The minimum Gasteiger partial charge on any atom is -0.506 e. The summed E-state index contributed by atoms with van der Waals surface area (Å²) in [6.45, 7) is 6.25. The van der Waals surface area contributed by atoms with Crippen molar-refractivity contribution in [3.8, 4) is 11.4 Å². The molecule has 0 saturated heterocycles. The molecule has 0 spiro atoms. The van der Waals surface area contributed by atoms with Gasteiger partial charge in [0, 0.05) is 29.5 Å². The van der Waals surface area contributed by atoms with E-state index in [0.717, 1.165) is 42.6 Å². The van der Waals surface area contributed by atoms with Crippen LogP contribution in [-0.4, -0.2) is 22.8 Å². The molecule has 8 heteroatoms. The molecule has 0 amide bonds. The van der Waals surface area contributed by atoms with E-state index in [1.54, 1.807) is 24.3 Å². The van der Waals surface area contributed by atoms with E-state index in [-0.39, 0.29) is 38.0 Å². The van der Waals surface area contributed by atoms with E-state index in [1.807, 2.05) is 12.1 Å². The lowest BCUT2D eigenvalue weighted by Gasteiger charge is -2.25. The first-order chi connectivity index (χ1) is 21.3.